The van der Waals surface area contributed by atoms with E-state index in [-0.39, 0.29) is 17.6 Å². The van der Waals surface area contributed by atoms with Gasteiger partial charge in [0.05, 0.1) is 10.6 Å². The Labute approximate surface area is 147 Å². The van der Waals surface area contributed by atoms with Gasteiger partial charge in [0.25, 0.3) is 0 Å². The number of nitrogens with zero attached hydrogens (tertiary/aromatic N) is 1. The quantitative estimate of drug-likeness (QED) is 0.694. The van der Waals surface area contributed by atoms with Crippen LogP contribution >= 0.6 is 23.1 Å². The van der Waals surface area contributed by atoms with Gasteiger partial charge in [-0.2, -0.15) is 4.37 Å². The first-order valence-corrected chi connectivity index (χ1v) is 8.58. The Kier molecular flexibility index (Phi) is 3.82. The van der Waals surface area contributed by atoms with Gasteiger partial charge < -0.3 is 5.32 Å². The van der Waals surface area contributed by atoms with Crippen molar-refractivity contribution in [3.05, 3.63) is 69.8 Å². The minimum atomic E-state index is -0.331. The average Bonchev–Trinajstić information content (AvgIpc) is 2.97. The van der Waals surface area contributed by atoms with Gasteiger partial charge in [0.2, 0.25) is 5.91 Å². The molecule has 2 aromatic carbocycles. The van der Waals surface area contributed by atoms with Crippen LogP contribution in [0.5, 0.6) is 0 Å². The third kappa shape index (κ3) is 2.70. The van der Waals surface area contributed by atoms with Gasteiger partial charge in [-0.25, -0.2) is 4.39 Å². The molecular weight excluding hydrogens is 347 g/mol. The number of hydrogen-bond donors (Lipinski definition) is 1. The molecular formula is C18H12ClFN2OS. The van der Waals surface area contributed by atoms with Crippen LogP contribution in [0, 0.1) is 5.82 Å². The van der Waals surface area contributed by atoms with Gasteiger partial charge in [0.1, 0.15) is 11.5 Å². The molecule has 4 rings (SSSR count). The maximum Gasteiger partial charge on any atom is 0.225 e. The van der Waals surface area contributed by atoms with Crippen LogP contribution in [0.25, 0.3) is 11.3 Å². The highest BCUT2D eigenvalue weighted by Gasteiger charge is 2.31. The molecule has 2 heterocycles. The number of anilines is 1. The molecule has 0 bridgehead atoms. The number of halogens is 2. The number of carbonyl (C=O) groups excluding carboxylic acids is 1. The molecule has 1 aliphatic heterocycles. The zero-order chi connectivity index (χ0) is 16.7. The van der Waals surface area contributed by atoms with Gasteiger partial charge in [0.15, 0.2) is 0 Å². The van der Waals surface area contributed by atoms with Crippen molar-refractivity contribution in [3.63, 3.8) is 0 Å². The van der Waals surface area contributed by atoms with Crippen LogP contribution in [0.15, 0.2) is 48.5 Å². The van der Waals surface area contributed by atoms with E-state index >= 15 is 0 Å². The van der Waals surface area contributed by atoms with Gasteiger partial charge in [-0.15, -0.1) is 0 Å². The minimum Gasteiger partial charge on any atom is -0.323 e. The van der Waals surface area contributed by atoms with E-state index in [0.29, 0.717) is 28.4 Å². The summed E-state index contributed by atoms with van der Waals surface area (Å²) in [4.78, 5) is 13.2. The second kappa shape index (κ2) is 6.00. The summed E-state index contributed by atoms with van der Waals surface area (Å²) < 4.78 is 18.0. The number of hydrogen-bond acceptors (Lipinski definition) is 3. The van der Waals surface area contributed by atoms with E-state index in [1.807, 2.05) is 18.2 Å². The molecule has 1 aromatic heterocycles. The Morgan fingerprint density at radius 3 is 2.83 bits per heavy atom. The Bertz CT molecular complexity index is 940. The average molecular weight is 359 g/mol. The lowest BCUT2D eigenvalue weighted by molar-refractivity contribution is -0.116. The number of aromatic nitrogens is 1. The highest BCUT2D eigenvalue weighted by atomic mass is 35.5. The molecule has 1 unspecified atom stereocenters. The van der Waals surface area contributed by atoms with Crippen LogP contribution in [0.1, 0.15) is 22.8 Å². The summed E-state index contributed by atoms with van der Waals surface area (Å²) in [6.07, 6.45) is 0.345. The van der Waals surface area contributed by atoms with Crippen LogP contribution in [0.2, 0.25) is 5.02 Å². The second-order valence-electron chi connectivity index (χ2n) is 5.64. The van der Waals surface area contributed by atoms with Crippen molar-refractivity contribution in [3.8, 4) is 11.3 Å². The molecule has 0 saturated carbocycles. The van der Waals surface area contributed by atoms with Gasteiger partial charge in [-0.05, 0) is 41.4 Å². The molecule has 120 valence electrons. The minimum absolute atomic E-state index is 0.0784. The number of carbonyl (C=O) groups is 1. The summed E-state index contributed by atoms with van der Waals surface area (Å²) in [6, 6.07) is 13.7. The van der Waals surface area contributed by atoms with Crippen LogP contribution in [-0.4, -0.2) is 10.3 Å². The molecule has 0 radical (unpaired) electrons. The van der Waals surface area contributed by atoms with Crippen molar-refractivity contribution in [2.75, 3.05) is 5.32 Å². The summed E-state index contributed by atoms with van der Waals surface area (Å²) in [7, 11) is 0. The molecule has 1 N–H and O–H groups in total. The van der Waals surface area contributed by atoms with Crippen LogP contribution < -0.4 is 5.32 Å². The van der Waals surface area contributed by atoms with E-state index in [1.165, 1.54) is 23.7 Å². The molecule has 0 fully saturated rings. The fraction of sp³-hybridized carbons (Fsp3) is 0.111. The lowest BCUT2D eigenvalue weighted by Crippen LogP contribution is -2.22. The Balaban J connectivity index is 1.83. The van der Waals surface area contributed by atoms with E-state index in [9.17, 15) is 9.18 Å². The van der Waals surface area contributed by atoms with Gasteiger partial charge in [0, 0.05) is 22.9 Å². The standard InChI is InChI=1S/C18H12ClFN2OS/c19-12-5-1-3-10(7-12)14-9-15(23)21-17-16(22-24-18(14)17)11-4-2-6-13(20)8-11/h1-8,14H,9H2,(H,21,23). The normalized spacial score (nSPS) is 16.6. The smallest absolute Gasteiger partial charge is 0.225 e. The molecule has 6 heteroatoms. The largest absolute Gasteiger partial charge is 0.323 e. The van der Waals surface area contributed by atoms with E-state index in [4.69, 9.17) is 11.6 Å². The first-order chi connectivity index (χ1) is 11.6. The summed E-state index contributed by atoms with van der Waals surface area (Å²) in [5.41, 5.74) is 2.91. The molecule has 1 atom stereocenters. The van der Waals surface area contributed by atoms with E-state index < -0.39 is 0 Å². The predicted molar refractivity (Wildman–Crippen MR) is 94.0 cm³/mol. The number of rotatable bonds is 2. The van der Waals surface area contributed by atoms with Crippen molar-refractivity contribution in [2.45, 2.75) is 12.3 Å². The maximum atomic E-state index is 13.5. The molecule has 1 amide bonds. The van der Waals surface area contributed by atoms with Gasteiger partial charge in [-0.1, -0.05) is 35.9 Å². The van der Waals surface area contributed by atoms with Crippen molar-refractivity contribution in [2.24, 2.45) is 0 Å². The van der Waals surface area contributed by atoms with Crippen molar-refractivity contribution < 1.29 is 9.18 Å². The molecule has 0 spiro atoms. The van der Waals surface area contributed by atoms with Crippen molar-refractivity contribution >= 4 is 34.7 Å². The molecule has 3 nitrogen and oxygen atoms in total. The van der Waals surface area contributed by atoms with Crippen molar-refractivity contribution in [1.82, 2.24) is 4.37 Å². The second-order valence-corrected chi connectivity index (χ2v) is 6.88. The van der Waals surface area contributed by atoms with E-state index in [0.717, 1.165) is 10.4 Å². The number of amides is 1. The third-order valence-corrected chi connectivity index (χ3v) is 5.23. The first kappa shape index (κ1) is 15.3. The van der Waals surface area contributed by atoms with Gasteiger partial charge in [-0.3, -0.25) is 4.79 Å². The van der Waals surface area contributed by atoms with E-state index in [1.54, 1.807) is 18.2 Å². The highest BCUT2D eigenvalue weighted by molar-refractivity contribution is 7.07. The van der Waals surface area contributed by atoms with Crippen LogP contribution in [0.4, 0.5) is 10.1 Å². The molecule has 24 heavy (non-hydrogen) atoms. The highest BCUT2D eigenvalue weighted by Crippen LogP contribution is 2.45. The molecule has 1 aliphatic rings. The topological polar surface area (TPSA) is 42.0 Å². The number of nitrogens with one attached hydrogen (secondary N) is 1. The monoisotopic (exact) mass is 358 g/mol. The summed E-state index contributed by atoms with van der Waals surface area (Å²) in [6.45, 7) is 0. The summed E-state index contributed by atoms with van der Waals surface area (Å²) in [5, 5.41) is 3.53. The van der Waals surface area contributed by atoms with Crippen molar-refractivity contribution in [1.29, 1.82) is 0 Å². The Morgan fingerprint density at radius 2 is 2.04 bits per heavy atom. The summed E-state index contributed by atoms with van der Waals surface area (Å²) >= 11 is 7.42. The third-order valence-electron chi connectivity index (χ3n) is 4.04. The lowest BCUT2D eigenvalue weighted by atomic mass is 9.89. The number of benzene rings is 2. The molecule has 0 aliphatic carbocycles. The fourth-order valence-corrected chi connectivity index (χ4v) is 4.13. The maximum absolute atomic E-state index is 13.5. The van der Waals surface area contributed by atoms with Crippen LogP contribution in [-0.2, 0) is 4.79 Å². The summed E-state index contributed by atoms with van der Waals surface area (Å²) in [5.74, 6) is -0.500. The Morgan fingerprint density at radius 1 is 1.21 bits per heavy atom. The van der Waals surface area contributed by atoms with E-state index in [2.05, 4.69) is 9.69 Å². The first-order valence-electron chi connectivity index (χ1n) is 7.42. The SMILES string of the molecule is O=C1CC(c2cccc(Cl)c2)c2snc(-c3cccc(F)c3)c2N1. The molecule has 0 saturated heterocycles. The predicted octanol–water partition coefficient (Wildman–Crippen LogP) is 5.08. The fourth-order valence-electron chi connectivity index (χ4n) is 2.96. The number of fused-ring (bicyclic) bond motifs is 1. The Hall–Kier alpha value is -2.24. The molecule has 3 aromatic rings. The lowest BCUT2D eigenvalue weighted by Gasteiger charge is -2.23. The van der Waals surface area contributed by atoms with Crippen LogP contribution in [0.3, 0.4) is 0 Å². The zero-order valence-electron chi connectivity index (χ0n) is 12.4. The zero-order valence-corrected chi connectivity index (χ0v) is 14.0. The van der Waals surface area contributed by atoms with Gasteiger partial charge >= 0.3 is 0 Å².